The van der Waals surface area contributed by atoms with Crippen molar-refractivity contribution in [3.63, 3.8) is 0 Å². The highest BCUT2D eigenvalue weighted by Gasteiger charge is 2.29. The first-order chi connectivity index (χ1) is 10.6. The molecule has 2 aromatic carbocycles. The molecular weight excluding hydrogens is 327 g/mol. The summed E-state index contributed by atoms with van der Waals surface area (Å²) in [6.45, 7) is 0. The molecule has 2 rings (SSSR count). The second-order valence-electron chi connectivity index (χ2n) is 4.74. The lowest BCUT2D eigenvalue weighted by Gasteiger charge is -2.06. The van der Waals surface area contributed by atoms with Gasteiger partial charge in [-0.3, -0.25) is 4.72 Å². The van der Waals surface area contributed by atoms with Gasteiger partial charge in [0, 0.05) is 11.1 Å². The Bertz CT molecular complexity index is 861. The lowest BCUT2D eigenvalue weighted by molar-refractivity contribution is -0.137. The van der Waals surface area contributed by atoms with Crippen molar-refractivity contribution >= 4 is 15.7 Å². The van der Waals surface area contributed by atoms with Crippen LogP contribution in [0.25, 0.3) is 0 Å². The Balaban J connectivity index is 2.29. The first kappa shape index (κ1) is 16.9. The summed E-state index contributed by atoms with van der Waals surface area (Å²) >= 11 is 0. The van der Waals surface area contributed by atoms with Gasteiger partial charge in [0.05, 0.1) is 17.5 Å². The maximum absolute atomic E-state index is 12.5. The molecule has 0 amide bonds. The molecule has 0 saturated heterocycles. The zero-order valence-electron chi connectivity index (χ0n) is 12.0. The van der Waals surface area contributed by atoms with Crippen LogP contribution in [0.5, 0.6) is 0 Å². The van der Waals surface area contributed by atoms with E-state index < -0.39 is 21.8 Å². The highest BCUT2D eigenvalue weighted by molar-refractivity contribution is 7.92. The molecule has 0 bridgehead atoms. The van der Waals surface area contributed by atoms with E-state index in [1.165, 1.54) is 12.1 Å². The number of benzene rings is 2. The van der Waals surface area contributed by atoms with Gasteiger partial charge in [-0.25, -0.2) is 8.42 Å². The van der Waals surface area contributed by atoms with E-state index in [0.29, 0.717) is 16.8 Å². The van der Waals surface area contributed by atoms with Crippen LogP contribution in [0.1, 0.15) is 16.7 Å². The van der Waals surface area contributed by atoms with E-state index in [1.54, 1.807) is 24.3 Å². The first-order valence-electron chi connectivity index (χ1n) is 6.41. The fourth-order valence-corrected chi connectivity index (χ4v) is 2.34. The van der Waals surface area contributed by atoms with Crippen molar-refractivity contribution in [1.82, 2.24) is 0 Å². The predicted molar refractivity (Wildman–Crippen MR) is 82.3 cm³/mol. The van der Waals surface area contributed by atoms with E-state index in [4.69, 9.17) is 0 Å². The van der Waals surface area contributed by atoms with Gasteiger partial charge in [0.2, 0.25) is 10.0 Å². The molecule has 0 aromatic heterocycles. The second-order valence-corrected chi connectivity index (χ2v) is 6.49. The summed E-state index contributed by atoms with van der Waals surface area (Å²) < 4.78 is 62.4. The van der Waals surface area contributed by atoms with Gasteiger partial charge < -0.3 is 0 Å². The van der Waals surface area contributed by atoms with E-state index >= 15 is 0 Å². The standard InChI is InChI=1S/C16H12F3NO2S/c1-23(21,22)20-15-5-3-2-4-13(15)9-6-12-7-10-14(11-8-12)16(17,18)19/h2-5,7-8,10-11,20H,1H3. The summed E-state index contributed by atoms with van der Waals surface area (Å²) in [5.74, 6) is 5.47. The lowest BCUT2D eigenvalue weighted by Crippen LogP contribution is -2.10. The lowest BCUT2D eigenvalue weighted by atomic mass is 10.1. The molecule has 0 aliphatic heterocycles. The van der Waals surface area contributed by atoms with Crippen LogP contribution in [-0.4, -0.2) is 14.7 Å². The quantitative estimate of drug-likeness (QED) is 0.852. The van der Waals surface area contributed by atoms with E-state index in [1.807, 2.05) is 0 Å². The van der Waals surface area contributed by atoms with Crippen LogP contribution in [-0.2, 0) is 16.2 Å². The minimum atomic E-state index is -4.39. The molecule has 3 nitrogen and oxygen atoms in total. The van der Waals surface area contributed by atoms with Gasteiger partial charge in [0.15, 0.2) is 0 Å². The second kappa shape index (κ2) is 6.34. The highest BCUT2D eigenvalue weighted by atomic mass is 32.2. The molecule has 0 fully saturated rings. The van der Waals surface area contributed by atoms with Crippen molar-refractivity contribution in [3.8, 4) is 11.8 Å². The number of nitrogens with one attached hydrogen (secondary N) is 1. The van der Waals surface area contributed by atoms with Crippen LogP contribution in [0.15, 0.2) is 48.5 Å². The van der Waals surface area contributed by atoms with Gasteiger partial charge in [0.1, 0.15) is 0 Å². The number of para-hydroxylation sites is 1. The third kappa shape index (κ3) is 5.04. The maximum Gasteiger partial charge on any atom is 0.416 e. The van der Waals surface area contributed by atoms with Gasteiger partial charge in [-0.2, -0.15) is 13.2 Å². The van der Waals surface area contributed by atoms with E-state index in [9.17, 15) is 21.6 Å². The average Bonchev–Trinajstić information content (AvgIpc) is 2.44. The third-order valence-electron chi connectivity index (χ3n) is 2.78. The molecule has 0 unspecified atom stereocenters. The van der Waals surface area contributed by atoms with Crippen molar-refractivity contribution < 1.29 is 21.6 Å². The molecule has 1 N–H and O–H groups in total. The van der Waals surface area contributed by atoms with Crippen LogP contribution >= 0.6 is 0 Å². The SMILES string of the molecule is CS(=O)(=O)Nc1ccccc1C#Cc1ccc(C(F)(F)F)cc1. The van der Waals surface area contributed by atoms with Crippen molar-refractivity contribution in [3.05, 3.63) is 65.2 Å². The number of rotatable bonds is 2. The fourth-order valence-electron chi connectivity index (χ4n) is 1.76. The molecule has 0 radical (unpaired) electrons. The van der Waals surface area contributed by atoms with Crippen molar-refractivity contribution in [2.75, 3.05) is 11.0 Å². The normalized spacial score (nSPS) is 11.5. The smallest absolute Gasteiger partial charge is 0.283 e. The fraction of sp³-hybridized carbons (Fsp3) is 0.125. The molecule has 0 aliphatic carbocycles. The first-order valence-corrected chi connectivity index (χ1v) is 8.30. The molecule has 23 heavy (non-hydrogen) atoms. The molecule has 2 aromatic rings. The molecule has 0 atom stereocenters. The Morgan fingerprint density at radius 1 is 0.957 bits per heavy atom. The Morgan fingerprint density at radius 3 is 2.13 bits per heavy atom. The zero-order chi connectivity index (χ0) is 17.1. The van der Waals surface area contributed by atoms with E-state index in [0.717, 1.165) is 18.4 Å². The summed E-state index contributed by atoms with van der Waals surface area (Å²) in [7, 11) is -3.45. The van der Waals surface area contributed by atoms with Gasteiger partial charge in [-0.15, -0.1) is 0 Å². The van der Waals surface area contributed by atoms with Gasteiger partial charge in [-0.1, -0.05) is 24.0 Å². The summed E-state index contributed by atoms with van der Waals surface area (Å²) in [4.78, 5) is 0. The number of sulfonamides is 1. The molecular formula is C16H12F3NO2S. The molecule has 0 spiro atoms. The van der Waals surface area contributed by atoms with Gasteiger partial charge >= 0.3 is 6.18 Å². The largest absolute Gasteiger partial charge is 0.416 e. The van der Waals surface area contributed by atoms with Crippen molar-refractivity contribution in [1.29, 1.82) is 0 Å². The average molecular weight is 339 g/mol. The molecule has 0 aliphatic rings. The van der Waals surface area contributed by atoms with Crippen molar-refractivity contribution in [2.45, 2.75) is 6.18 Å². The van der Waals surface area contributed by atoms with Crippen LogP contribution in [0, 0.1) is 11.8 Å². The predicted octanol–water partition coefficient (Wildman–Crippen LogP) is 3.48. The molecule has 0 saturated carbocycles. The number of anilines is 1. The van der Waals surface area contributed by atoms with Crippen molar-refractivity contribution in [2.24, 2.45) is 0 Å². The summed E-state index contributed by atoms with van der Waals surface area (Å²) in [6, 6.07) is 10.9. The molecule has 7 heteroatoms. The summed E-state index contributed by atoms with van der Waals surface area (Å²) in [6.07, 6.45) is -3.37. The molecule has 0 heterocycles. The van der Waals surface area contributed by atoms with Crippen LogP contribution < -0.4 is 4.72 Å². The van der Waals surface area contributed by atoms with Crippen LogP contribution in [0.4, 0.5) is 18.9 Å². The zero-order valence-corrected chi connectivity index (χ0v) is 12.8. The highest BCUT2D eigenvalue weighted by Crippen LogP contribution is 2.29. The summed E-state index contributed by atoms with van der Waals surface area (Å²) in [5.41, 5.74) is 0.390. The monoisotopic (exact) mass is 339 g/mol. The van der Waals surface area contributed by atoms with Gasteiger partial charge in [0.25, 0.3) is 0 Å². The Morgan fingerprint density at radius 2 is 1.57 bits per heavy atom. The Hall–Kier alpha value is -2.46. The van der Waals surface area contributed by atoms with E-state index in [-0.39, 0.29) is 0 Å². The maximum atomic E-state index is 12.5. The topological polar surface area (TPSA) is 46.2 Å². The Kier molecular flexibility index (Phi) is 4.66. The minimum absolute atomic E-state index is 0.314. The van der Waals surface area contributed by atoms with Gasteiger partial charge in [-0.05, 0) is 36.4 Å². The minimum Gasteiger partial charge on any atom is -0.283 e. The number of hydrogen-bond acceptors (Lipinski definition) is 2. The number of halogens is 3. The third-order valence-corrected chi connectivity index (χ3v) is 3.37. The number of hydrogen-bond donors (Lipinski definition) is 1. The van der Waals surface area contributed by atoms with Crippen LogP contribution in [0.2, 0.25) is 0 Å². The Labute approximate surface area is 132 Å². The molecule has 120 valence electrons. The van der Waals surface area contributed by atoms with Crippen LogP contribution in [0.3, 0.4) is 0 Å². The number of alkyl halides is 3. The summed E-state index contributed by atoms with van der Waals surface area (Å²) in [5, 5.41) is 0. The van der Waals surface area contributed by atoms with E-state index in [2.05, 4.69) is 16.6 Å².